The van der Waals surface area contributed by atoms with Crippen molar-refractivity contribution >= 4 is 23.2 Å². The standard InChI is InChI=1S/C11H13NO3S/c1-2-7-5-8-9(13)6-12(11(14)15)4-3-10(8)16-7/h5H,2-4,6H2,1H3,(H,14,15). The topological polar surface area (TPSA) is 57.6 Å². The Kier molecular flexibility index (Phi) is 2.96. The van der Waals surface area contributed by atoms with Crippen molar-refractivity contribution in [2.45, 2.75) is 19.8 Å². The number of hydrogen-bond donors (Lipinski definition) is 1. The maximum Gasteiger partial charge on any atom is 0.407 e. The van der Waals surface area contributed by atoms with Crippen LogP contribution in [0.15, 0.2) is 6.07 Å². The Morgan fingerprint density at radius 3 is 3.00 bits per heavy atom. The molecule has 0 bridgehead atoms. The van der Waals surface area contributed by atoms with E-state index in [0.717, 1.165) is 16.9 Å². The van der Waals surface area contributed by atoms with Gasteiger partial charge in [0.1, 0.15) is 0 Å². The minimum atomic E-state index is -1.01. The van der Waals surface area contributed by atoms with Crippen LogP contribution in [0.4, 0.5) is 4.79 Å². The van der Waals surface area contributed by atoms with E-state index in [1.54, 1.807) is 11.3 Å². The van der Waals surface area contributed by atoms with Crippen LogP contribution >= 0.6 is 11.3 Å². The number of thiophene rings is 1. The number of nitrogens with zero attached hydrogens (tertiary/aromatic N) is 1. The molecule has 0 aliphatic carbocycles. The number of rotatable bonds is 1. The molecule has 1 aromatic heterocycles. The minimum absolute atomic E-state index is 0.0117. The van der Waals surface area contributed by atoms with Gasteiger partial charge in [0, 0.05) is 28.3 Å². The van der Waals surface area contributed by atoms with Gasteiger partial charge in [-0.05, 0) is 12.5 Å². The van der Waals surface area contributed by atoms with Crippen molar-refractivity contribution < 1.29 is 14.7 Å². The second-order valence-electron chi connectivity index (χ2n) is 3.78. The molecule has 1 N–H and O–H groups in total. The fraction of sp³-hybridized carbons (Fsp3) is 0.455. The van der Waals surface area contributed by atoms with E-state index in [0.29, 0.717) is 13.0 Å². The molecule has 2 rings (SSSR count). The van der Waals surface area contributed by atoms with E-state index in [1.807, 2.05) is 6.07 Å². The van der Waals surface area contributed by atoms with Crippen molar-refractivity contribution in [2.75, 3.05) is 13.1 Å². The van der Waals surface area contributed by atoms with E-state index < -0.39 is 6.09 Å². The highest BCUT2D eigenvalue weighted by Gasteiger charge is 2.25. The van der Waals surface area contributed by atoms with Gasteiger partial charge in [0.2, 0.25) is 0 Å². The first-order chi connectivity index (χ1) is 7.61. The fourth-order valence-electron chi connectivity index (χ4n) is 1.82. The van der Waals surface area contributed by atoms with Crippen molar-refractivity contribution in [2.24, 2.45) is 0 Å². The molecule has 0 saturated carbocycles. The predicted octanol–water partition coefficient (Wildman–Crippen LogP) is 2.03. The number of amides is 1. The quantitative estimate of drug-likeness (QED) is 0.815. The summed E-state index contributed by atoms with van der Waals surface area (Å²) in [5.41, 5.74) is 0.727. The summed E-state index contributed by atoms with van der Waals surface area (Å²) >= 11 is 1.63. The van der Waals surface area contributed by atoms with E-state index >= 15 is 0 Å². The van der Waals surface area contributed by atoms with Gasteiger partial charge in [-0.3, -0.25) is 4.79 Å². The van der Waals surface area contributed by atoms with Crippen LogP contribution in [0.1, 0.15) is 27.0 Å². The Morgan fingerprint density at radius 2 is 2.38 bits per heavy atom. The maximum absolute atomic E-state index is 11.9. The van der Waals surface area contributed by atoms with Gasteiger partial charge >= 0.3 is 6.09 Å². The lowest BCUT2D eigenvalue weighted by Crippen LogP contribution is -2.34. The Hall–Kier alpha value is -1.36. The third-order valence-corrected chi connectivity index (χ3v) is 4.06. The largest absolute Gasteiger partial charge is 0.465 e. The Labute approximate surface area is 97.5 Å². The van der Waals surface area contributed by atoms with Crippen molar-refractivity contribution in [1.29, 1.82) is 0 Å². The molecule has 1 aliphatic heterocycles. The zero-order valence-electron chi connectivity index (χ0n) is 9.02. The van der Waals surface area contributed by atoms with E-state index in [2.05, 4.69) is 6.92 Å². The Balaban J connectivity index is 2.28. The Bertz CT molecular complexity index is 438. The number of carbonyl (C=O) groups is 2. The second-order valence-corrected chi connectivity index (χ2v) is 5.00. The molecule has 0 fully saturated rings. The van der Waals surface area contributed by atoms with Gasteiger partial charge in [0.05, 0.1) is 6.54 Å². The molecule has 4 nitrogen and oxygen atoms in total. The summed E-state index contributed by atoms with van der Waals surface area (Å²) in [5.74, 6) is -0.0779. The number of hydrogen-bond acceptors (Lipinski definition) is 3. The van der Waals surface area contributed by atoms with Crippen molar-refractivity contribution in [1.82, 2.24) is 4.90 Å². The van der Waals surface area contributed by atoms with Gasteiger partial charge < -0.3 is 10.0 Å². The lowest BCUT2D eigenvalue weighted by Gasteiger charge is -2.14. The summed E-state index contributed by atoms with van der Waals surface area (Å²) in [6.07, 6.45) is 0.560. The summed E-state index contributed by atoms with van der Waals surface area (Å²) in [4.78, 5) is 26.1. The lowest BCUT2D eigenvalue weighted by molar-refractivity contribution is 0.0919. The number of fused-ring (bicyclic) bond motifs is 1. The van der Waals surface area contributed by atoms with Crippen LogP contribution in [0.2, 0.25) is 0 Å². The smallest absolute Gasteiger partial charge is 0.407 e. The number of carboxylic acid groups (broad SMARTS) is 1. The molecule has 0 saturated heterocycles. The molecular weight excluding hydrogens is 226 g/mol. The average molecular weight is 239 g/mol. The van der Waals surface area contributed by atoms with Gasteiger partial charge in [0.25, 0.3) is 0 Å². The highest BCUT2D eigenvalue weighted by Crippen LogP contribution is 2.26. The van der Waals surface area contributed by atoms with Gasteiger partial charge in [-0.25, -0.2) is 4.79 Å². The number of ketones is 1. The van der Waals surface area contributed by atoms with Crippen LogP contribution in [0, 0.1) is 0 Å². The molecule has 16 heavy (non-hydrogen) atoms. The molecule has 5 heteroatoms. The van der Waals surface area contributed by atoms with Crippen LogP contribution in [0.3, 0.4) is 0 Å². The first kappa shape index (κ1) is 11.1. The second kappa shape index (κ2) is 4.25. The molecule has 1 amide bonds. The van der Waals surface area contributed by atoms with Crippen LogP contribution in [-0.2, 0) is 12.8 Å². The summed E-state index contributed by atoms with van der Waals surface area (Å²) in [6, 6.07) is 1.91. The molecule has 2 heterocycles. The zero-order valence-corrected chi connectivity index (χ0v) is 9.84. The molecule has 1 aromatic rings. The zero-order chi connectivity index (χ0) is 11.7. The van der Waals surface area contributed by atoms with E-state index in [9.17, 15) is 9.59 Å². The lowest BCUT2D eigenvalue weighted by atomic mass is 10.1. The summed E-state index contributed by atoms with van der Waals surface area (Å²) in [7, 11) is 0. The average Bonchev–Trinajstić information content (AvgIpc) is 2.60. The van der Waals surface area contributed by atoms with E-state index in [-0.39, 0.29) is 12.3 Å². The molecule has 0 aromatic carbocycles. The minimum Gasteiger partial charge on any atom is -0.465 e. The van der Waals surface area contributed by atoms with Crippen LogP contribution in [0.25, 0.3) is 0 Å². The molecule has 0 unspecified atom stereocenters. The monoisotopic (exact) mass is 239 g/mol. The maximum atomic E-state index is 11.9. The fourth-order valence-corrected chi connectivity index (χ4v) is 2.93. The van der Waals surface area contributed by atoms with Gasteiger partial charge in [-0.2, -0.15) is 0 Å². The third kappa shape index (κ3) is 1.95. The third-order valence-electron chi connectivity index (χ3n) is 2.72. The highest BCUT2D eigenvalue weighted by molar-refractivity contribution is 7.12. The van der Waals surface area contributed by atoms with Crippen LogP contribution < -0.4 is 0 Å². The van der Waals surface area contributed by atoms with Crippen LogP contribution in [0.5, 0.6) is 0 Å². The summed E-state index contributed by atoms with van der Waals surface area (Å²) < 4.78 is 0. The molecule has 0 atom stereocenters. The van der Waals surface area contributed by atoms with E-state index in [4.69, 9.17) is 5.11 Å². The summed E-state index contributed by atoms with van der Waals surface area (Å²) in [5, 5.41) is 8.88. The SMILES string of the molecule is CCc1cc2c(s1)CCN(C(=O)O)CC2=O. The van der Waals surface area contributed by atoms with Crippen molar-refractivity contribution in [3.05, 3.63) is 21.4 Å². The van der Waals surface area contributed by atoms with Crippen molar-refractivity contribution in [3.8, 4) is 0 Å². The number of Topliss-reactive ketones (excluding diaryl/α,β-unsaturated/α-hetero) is 1. The molecule has 86 valence electrons. The van der Waals surface area contributed by atoms with E-state index in [1.165, 1.54) is 9.78 Å². The van der Waals surface area contributed by atoms with Gasteiger partial charge in [-0.15, -0.1) is 11.3 Å². The molecular formula is C11H13NO3S. The van der Waals surface area contributed by atoms with Gasteiger partial charge in [-0.1, -0.05) is 6.92 Å². The highest BCUT2D eigenvalue weighted by atomic mass is 32.1. The number of aryl methyl sites for hydroxylation is 1. The summed E-state index contributed by atoms with van der Waals surface area (Å²) in [6.45, 7) is 2.46. The van der Waals surface area contributed by atoms with Crippen molar-refractivity contribution in [3.63, 3.8) is 0 Å². The molecule has 0 spiro atoms. The molecule has 1 aliphatic rings. The van der Waals surface area contributed by atoms with Gasteiger partial charge in [0.15, 0.2) is 5.78 Å². The first-order valence-electron chi connectivity index (χ1n) is 5.24. The normalized spacial score (nSPS) is 15.8. The first-order valence-corrected chi connectivity index (χ1v) is 6.06. The number of carbonyl (C=O) groups excluding carboxylic acids is 1. The molecule has 0 radical (unpaired) electrons. The Morgan fingerprint density at radius 1 is 1.62 bits per heavy atom. The predicted molar refractivity (Wildman–Crippen MR) is 61.3 cm³/mol. The van der Waals surface area contributed by atoms with Crippen LogP contribution in [-0.4, -0.2) is 35.0 Å².